The Bertz CT molecular complexity index is 1010. The van der Waals surface area contributed by atoms with Crippen LogP contribution in [-0.2, 0) is 17.8 Å². The molecule has 5 nitrogen and oxygen atoms in total. The zero-order valence-electron chi connectivity index (χ0n) is 16.2. The Labute approximate surface area is 180 Å². The molecule has 0 atom stereocenters. The van der Waals surface area contributed by atoms with Crippen molar-refractivity contribution in [2.75, 3.05) is 26.2 Å². The van der Waals surface area contributed by atoms with Crippen LogP contribution < -0.4 is 5.32 Å². The number of fused-ring (bicyclic) bond motifs is 1. The molecule has 7 heteroatoms. The lowest BCUT2D eigenvalue weighted by atomic mass is 10.1. The number of nitrogens with zero attached hydrogens (tertiary/aromatic N) is 3. The highest BCUT2D eigenvalue weighted by Gasteiger charge is 2.15. The molecule has 1 aliphatic heterocycles. The third-order valence-corrected chi connectivity index (χ3v) is 6.07. The van der Waals surface area contributed by atoms with Crippen molar-refractivity contribution in [1.82, 2.24) is 19.8 Å². The molecule has 1 saturated heterocycles. The van der Waals surface area contributed by atoms with Crippen LogP contribution in [0.2, 0.25) is 10.0 Å². The summed E-state index contributed by atoms with van der Waals surface area (Å²) in [4.78, 5) is 19.8. The normalized spacial score (nSPS) is 14.6. The predicted molar refractivity (Wildman–Crippen MR) is 118 cm³/mol. The smallest absolute Gasteiger partial charge is 0.240 e. The summed E-state index contributed by atoms with van der Waals surface area (Å²) in [5.74, 6) is 0.835. The van der Waals surface area contributed by atoms with E-state index in [-0.39, 0.29) is 12.5 Å². The highest BCUT2D eigenvalue weighted by Crippen LogP contribution is 2.25. The monoisotopic (exact) mass is 430 g/mol. The van der Waals surface area contributed by atoms with E-state index in [0.29, 0.717) is 23.0 Å². The average Bonchev–Trinajstić information content (AvgIpc) is 3.33. The largest absolute Gasteiger partial charge is 0.353 e. The molecule has 1 aliphatic rings. The molecule has 3 aromatic rings. The molecular formula is C22H24Cl2N4O. The Kier molecular flexibility index (Phi) is 6.38. The number of para-hydroxylation sites is 2. The van der Waals surface area contributed by atoms with Crippen molar-refractivity contribution in [3.05, 3.63) is 63.9 Å². The fourth-order valence-corrected chi connectivity index (χ4v) is 4.15. The van der Waals surface area contributed by atoms with Gasteiger partial charge in [0.05, 0.1) is 21.1 Å². The number of likely N-dealkylation sites (tertiary alicyclic amines) is 1. The molecule has 29 heavy (non-hydrogen) atoms. The number of hydrogen-bond donors (Lipinski definition) is 1. The minimum Gasteiger partial charge on any atom is -0.353 e. The van der Waals surface area contributed by atoms with Gasteiger partial charge in [-0.25, -0.2) is 4.98 Å². The predicted octanol–water partition coefficient (Wildman–Crippen LogP) is 4.15. The highest BCUT2D eigenvalue weighted by molar-refractivity contribution is 6.42. The molecule has 1 fully saturated rings. The van der Waals surface area contributed by atoms with Crippen LogP contribution in [0.15, 0.2) is 42.5 Å². The van der Waals surface area contributed by atoms with Crippen molar-refractivity contribution in [2.24, 2.45) is 0 Å². The Morgan fingerprint density at radius 1 is 1.07 bits per heavy atom. The number of nitrogens with one attached hydrogen (secondary N) is 1. The maximum absolute atomic E-state index is 12.6. The van der Waals surface area contributed by atoms with Gasteiger partial charge in [-0.2, -0.15) is 0 Å². The van der Waals surface area contributed by atoms with Crippen LogP contribution in [0.5, 0.6) is 0 Å². The summed E-state index contributed by atoms with van der Waals surface area (Å²) in [5, 5.41) is 4.10. The summed E-state index contributed by atoms with van der Waals surface area (Å²) in [6, 6.07) is 13.5. The Morgan fingerprint density at radius 2 is 1.86 bits per heavy atom. The van der Waals surface area contributed by atoms with Crippen molar-refractivity contribution >= 4 is 40.1 Å². The van der Waals surface area contributed by atoms with E-state index in [1.54, 1.807) is 6.07 Å². The Hall–Kier alpha value is -2.08. The van der Waals surface area contributed by atoms with Gasteiger partial charge >= 0.3 is 0 Å². The number of amides is 1. The van der Waals surface area contributed by atoms with Gasteiger partial charge in [0.15, 0.2) is 0 Å². The van der Waals surface area contributed by atoms with Crippen LogP contribution in [0.25, 0.3) is 11.0 Å². The summed E-state index contributed by atoms with van der Waals surface area (Å²) in [6.45, 7) is 4.10. The Morgan fingerprint density at radius 3 is 2.66 bits per heavy atom. The maximum atomic E-state index is 12.6. The van der Waals surface area contributed by atoms with Gasteiger partial charge in [-0.15, -0.1) is 0 Å². The third kappa shape index (κ3) is 4.92. The van der Waals surface area contributed by atoms with Crippen molar-refractivity contribution in [1.29, 1.82) is 0 Å². The van der Waals surface area contributed by atoms with Gasteiger partial charge < -0.3 is 14.8 Å². The van der Waals surface area contributed by atoms with E-state index in [2.05, 4.69) is 10.2 Å². The molecule has 0 spiro atoms. The molecule has 0 saturated carbocycles. The number of benzene rings is 2. The van der Waals surface area contributed by atoms with Gasteiger partial charge in [-0.05, 0) is 55.8 Å². The van der Waals surface area contributed by atoms with E-state index < -0.39 is 0 Å². The fourth-order valence-electron chi connectivity index (χ4n) is 3.83. The molecule has 2 aromatic carbocycles. The van der Waals surface area contributed by atoms with E-state index in [9.17, 15) is 4.79 Å². The third-order valence-electron chi connectivity index (χ3n) is 5.33. The van der Waals surface area contributed by atoms with Crippen LogP contribution in [0.1, 0.15) is 24.2 Å². The summed E-state index contributed by atoms with van der Waals surface area (Å²) in [6.07, 6.45) is 3.09. The van der Waals surface area contributed by atoms with Crippen LogP contribution >= 0.6 is 23.2 Å². The quantitative estimate of drug-likeness (QED) is 0.612. The minimum atomic E-state index is 0.00254. The van der Waals surface area contributed by atoms with E-state index in [4.69, 9.17) is 28.2 Å². The van der Waals surface area contributed by atoms with Gasteiger partial charge in [0.1, 0.15) is 12.4 Å². The molecule has 0 unspecified atom stereocenters. The number of hydrogen-bond acceptors (Lipinski definition) is 3. The summed E-state index contributed by atoms with van der Waals surface area (Å²) in [5.41, 5.74) is 2.84. The second kappa shape index (κ2) is 9.16. The van der Waals surface area contributed by atoms with Gasteiger partial charge in [-0.3, -0.25) is 4.79 Å². The van der Waals surface area contributed by atoms with Crippen LogP contribution in [-0.4, -0.2) is 46.5 Å². The first-order chi connectivity index (χ1) is 14.1. The number of rotatable bonds is 7. The summed E-state index contributed by atoms with van der Waals surface area (Å²) in [7, 11) is 0. The molecule has 1 amide bonds. The van der Waals surface area contributed by atoms with Crippen LogP contribution in [0, 0.1) is 0 Å². The molecular weight excluding hydrogens is 407 g/mol. The molecule has 0 aliphatic carbocycles. The fraction of sp³-hybridized carbons (Fsp3) is 0.364. The molecule has 1 aromatic heterocycles. The lowest BCUT2D eigenvalue weighted by Gasteiger charge is -2.15. The number of halogens is 2. The van der Waals surface area contributed by atoms with Crippen LogP contribution in [0.3, 0.4) is 0 Å². The van der Waals surface area contributed by atoms with E-state index >= 15 is 0 Å². The first-order valence-corrected chi connectivity index (χ1v) is 10.7. The first kappa shape index (κ1) is 20.2. The zero-order valence-corrected chi connectivity index (χ0v) is 17.7. The van der Waals surface area contributed by atoms with Gasteiger partial charge in [0.2, 0.25) is 5.91 Å². The van der Waals surface area contributed by atoms with Gasteiger partial charge in [-0.1, -0.05) is 41.4 Å². The summed E-state index contributed by atoms with van der Waals surface area (Å²) < 4.78 is 1.99. The highest BCUT2D eigenvalue weighted by atomic mass is 35.5. The van der Waals surface area contributed by atoms with Crippen molar-refractivity contribution in [3.8, 4) is 0 Å². The molecule has 152 valence electrons. The number of carbonyl (C=O) groups excluding carboxylic acids is 1. The van der Waals surface area contributed by atoms with Crippen molar-refractivity contribution in [2.45, 2.75) is 25.8 Å². The van der Waals surface area contributed by atoms with E-state index in [1.807, 2.05) is 41.0 Å². The number of carbonyl (C=O) groups is 1. The number of imidazole rings is 1. The van der Waals surface area contributed by atoms with Crippen molar-refractivity contribution in [3.63, 3.8) is 0 Å². The average molecular weight is 431 g/mol. The zero-order chi connectivity index (χ0) is 20.2. The van der Waals surface area contributed by atoms with Crippen LogP contribution in [0.4, 0.5) is 0 Å². The molecule has 2 heterocycles. The second-order valence-corrected chi connectivity index (χ2v) is 8.24. The maximum Gasteiger partial charge on any atom is 0.240 e. The van der Waals surface area contributed by atoms with Gasteiger partial charge in [0, 0.05) is 19.5 Å². The van der Waals surface area contributed by atoms with Gasteiger partial charge in [0.25, 0.3) is 0 Å². The van der Waals surface area contributed by atoms with E-state index in [1.165, 1.54) is 12.8 Å². The second-order valence-electron chi connectivity index (χ2n) is 7.43. The number of aromatic nitrogens is 2. The lowest BCUT2D eigenvalue weighted by molar-refractivity contribution is -0.121. The Balaban J connectivity index is 1.49. The summed E-state index contributed by atoms with van der Waals surface area (Å²) >= 11 is 12.2. The molecule has 1 N–H and O–H groups in total. The molecule has 0 radical (unpaired) electrons. The topological polar surface area (TPSA) is 50.2 Å². The lowest BCUT2D eigenvalue weighted by Crippen LogP contribution is -2.35. The van der Waals surface area contributed by atoms with Crippen molar-refractivity contribution < 1.29 is 4.79 Å². The first-order valence-electron chi connectivity index (χ1n) is 9.97. The SMILES string of the molecule is O=C(Cn1c(Cc2ccc(Cl)c(Cl)c2)nc2ccccc21)NCCN1CCCC1. The molecule has 4 rings (SSSR count). The standard InChI is InChI=1S/C22H24Cl2N4O/c23-17-8-7-16(13-18(17)24)14-21-26-19-5-1-2-6-20(19)28(21)15-22(29)25-9-12-27-10-3-4-11-27/h1-2,5-8,13H,3-4,9-12,14-15H2,(H,25,29). The minimum absolute atomic E-state index is 0.00254. The van der Waals surface area contributed by atoms with E-state index in [0.717, 1.165) is 42.1 Å². The molecule has 0 bridgehead atoms.